The zero-order valence-electron chi connectivity index (χ0n) is 13.3. The maximum absolute atomic E-state index is 11.9. The summed E-state index contributed by atoms with van der Waals surface area (Å²) in [6, 6.07) is 10.7. The van der Waals surface area contributed by atoms with Crippen LogP contribution in [0.4, 0.5) is 0 Å². The summed E-state index contributed by atoms with van der Waals surface area (Å²) in [6.45, 7) is 9.31. The molecule has 0 unspecified atom stereocenters. The van der Waals surface area contributed by atoms with E-state index in [2.05, 4.69) is 50.3 Å². The molecule has 0 aliphatic heterocycles. The van der Waals surface area contributed by atoms with Gasteiger partial charge < -0.3 is 4.74 Å². The van der Waals surface area contributed by atoms with Gasteiger partial charge in [-0.2, -0.15) is 0 Å². The molecule has 1 atom stereocenters. The van der Waals surface area contributed by atoms with Crippen LogP contribution in [0.3, 0.4) is 0 Å². The van der Waals surface area contributed by atoms with E-state index in [-0.39, 0.29) is 5.97 Å². The number of carbonyl (C=O) groups is 1. The molecule has 0 spiro atoms. The Hall–Kier alpha value is -1.09. The molecule has 0 aliphatic carbocycles. The van der Waals surface area contributed by atoms with E-state index in [4.69, 9.17) is 4.74 Å². The van der Waals surface area contributed by atoms with Crippen LogP contribution in [-0.4, -0.2) is 20.7 Å². The zero-order chi connectivity index (χ0) is 15.0. The van der Waals surface area contributed by atoms with Crippen molar-refractivity contribution in [1.82, 2.24) is 0 Å². The van der Waals surface area contributed by atoms with E-state index in [1.165, 1.54) is 18.0 Å². The number of rotatable bonds is 8. The SMILES string of the molecule is CCCC[C@H](CC(=O)OCC)[Si](C)(C)c1ccccc1. The van der Waals surface area contributed by atoms with Gasteiger partial charge in [-0.25, -0.2) is 0 Å². The van der Waals surface area contributed by atoms with Crippen molar-refractivity contribution in [2.75, 3.05) is 6.61 Å². The third-order valence-electron chi connectivity index (χ3n) is 4.16. The summed E-state index contributed by atoms with van der Waals surface area (Å²) in [7, 11) is -1.64. The first-order valence-corrected chi connectivity index (χ1v) is 10.8. The summed E-state index contributed by atoms with van der Waals surface area (Å²) in [5.41, 5.74) is 0.462. The number of hydrogen-bond acceptors (Lipinski definition) is 2. The number of unbranched alkanes of at least 4 members (excludes halogenated alkanes) is 1. The average Bonchev–Trinajstić information content (AvgIpc) is 2.44. The van der Waals surface area contributed by atoms with Crippen molar-refractivity contribution in [3.05, 3.63) is 30.3 Å². The second-order valence-electron chi connectivity index (χ2n) is 5.94. The van der Waals surface area contributed by atoms with Crippen LogP contribution in [-0.2, 0) is 9.53 Å². The molecule has 0 fully saturated rings. The molecule has 0 amide bonds. The summed E-state index contributed by atoms with van der Waals surface area (Å²) in [6.07, 6.45) is 4.07. The number of ether oxygens (including phenoxy) is 1. The van der Waals surface area contributed by atoms with Crippen LogP contribution < -0.4 is 5.19 Å². The third-order valence-corrected chi connectivity index (χ3v) is 8.52. The van der Waals surface area contributed by atoms with Crippen molar-refractivity contribution in [2.45, 2.75) is 58.2 Å². The van der Waals surface area contributed by atoms with Crippen molar-refractivity contribution in [1.29, 1.82) is 0 Å². The number of benzene rings is 1. The Morgan fingerprint density at radius 1 is 1.20 bits per heavy atom. The monoisotopic (exact) mass is 292 g/mol. The van der Waals surface area contributed by atoms with Crippen molar-refractivity contribution in [3.63, 3.8) is 0 Å². The van der Waals surface area contributed by atoms with Crippen molar-refractivity contribution in [2.24, 2.45) is 0 Å². The molecule has 0 aliphatic rings. The molecule has 0 heterocycles. The van der Waals surface area contributed by atoms with Crippen LogP contribution in [0.25, 0.3) is 0 Å². The lowest BCUT2D eigenvalue weighted by molar-refractivity contribution is -0.143. The van der Waals surface area contributed by atoms with Gasteiger partial charge in [0.1, 0.15) is 0 Å². The average molecular weight is 292 g/mol. The minimum Gasteiger partial charge on any atom is -0.466 e. The molecular formula is C17H28O2Si. The van der Waals surface area contributed by atoms with Crippen LogP contribution in [0, 0.1) is 0 Å². The predicted molar refractivity (Wildman–Crippen MR) is 88.1 cm³/mol. The molecule has 20 heavy (non-hydrogen) atoms. The Labute approximate surface area is 124 Å². The number of esters is 1. The minimum atomic E-state index is -1.64. The van der Waals surface area contributed by atoms with Gasteiger partial charge in [-0.05, 0) is 12.5 Å². The first kappa shape index (κ1) is 17.0. The van der Waals surface area contributed by atoms with Crippen LogP contribution in [0.1, 0.15) is 39.5 Å². The molecule has 0 radical (unpaired) electrons. The largest absolute Gasteiger partial charge is 0.466 e. The second-order valence-corrected chi connectivity index (χ2v) is 10.8. The van der Waals surface area contributed by atoms with E-state index in [0.717, 1.165) is 6.42 Å². The van der Waals surface area contributed by atoms with Crippen LogP contribution in [0.2, 0.25) is 18.6 Å². The smallest absolute Gasteiger partial charge is 0.305 e. The van der Waals surface area contributed by atoms with E-state index >= 15 is 0 Å². The van der Waals surface area contributed by atoms with E-state index in [9.17, 15) is 4.79 Å². The third kappa shape index (κ3) is 4.78. The molecule has 0 saturated carbocycles. The van der Waals surface area contributed by atoms with Gasteiger partial charge in [-0.15, -0.1) is 0 Å². The van der Waals surface area contributed by atoms with Crippen molar-refractivity contribution < 1.29 is 9.53 Å². The highest BCUT2D eigenvalue weighted by atomic mass is 28.3. The normalized spacial score (nSPS) is 13.0. The lowest BCUT2D eigenvalue weighted by Crippen LogP contribution is -2.46. The Morgan fingerprint density at radius 3 is 2.40 bits per heavy atom. The fourth-order valence-electron chi connectivity index (χ4n) is 2.69. The van der Waals surface area contributed by atoms with Gasteiger partial charge in [0.25, 0.3) is 0 Å². The number of hydrogen-bond donors (Lipinski definition) is 0. The first-order chi connectivity index (χ1) is 9.52. The van der Waals surface area contributed by atoms with Gasteiger partial charge in [0.15, 0.2) is 0 Å². The van der Waals surface area contributed by atoms with Crippen molar-refractivity contribution >= 4 is 19.2 Å². The highest BCUT2D eigenvalue weighted by molar-refractivity contribution is 6.91. The summed E-state index contributed by atoms with van der Waals surface area (Å²) in [4.78, 5) is 11.9. The molecule has 1 aromatic carbocycles. The summed E-state index contributed by atoms with van der Waals surface area (Å²) in [5.74, 6) is -0.0369. The zero-order valence-corrected chi connectivity index (χ0v) is 14.3. The lowest BCUT2D eigenvalue weighted by atomic mass is 10.1. The van der Waals surface area contributed by atoms with Gasteiger partial charge in [0, 0.05) is 6.42 Å². The topological polar surface area (TPSA) is 26.3 Å². The van der Waals surface area contributed by atoms with Crippen LogP contribution in [0.15, 0.2) is 30.3 Å². The van der Waals surface area contributed by atoms with E-state index < -0.39 is 8.07 Å². The molecular weight excluding hydrogens is 264 g/mol. The maximum Gasteiger partial charge on any atom is 0.305 e. The molecule has 1 aromatic rings. The Balaban J connectivity index is 2.87. The van der Waals surface area contributed by atoms with Crippen molar-refractivity contribution in [3.8, 4) is 0 Å². The first-order valence-electron chi connectivity index (χ1n) is 7.73. The summed E-state index contributed by atoms with van der Waals surface area (Å²) in [5, 5.41) is 1.44. The van der Waals surface area contributed by atoms with E-state index in [0.29, 0.717) is 18.6 Å². The number of carbonyl (C=O) groups excluding carboxylic acids is 1. The Kier molecular flexibility index (Phi) is 7.00. The van der Waals surface area contributed by atoms with Gasteiger partial charge in [-0.3, -0.25) is 4.79 Å². The Morgan fingerprint density at radius 2 is 1.85 bits per heavy atom. The minimum absolute atomic E-state index is 0.0369. The lowest BCUT2D eigenvalue weighted by Gasteiger charge is -2.32. The summed E-state index contributed by atoms with van der Waals surface area (Å²) < 4.78 is 5.17. The Bertz CT molecular complexity index is 401. The highest BCUT2D eigenvalue weighted by Gasteiger charge is 2.34. The molecule has 0 aromatic heterocycles. The fraction of sp³-hybridized carbons (Fsp3) is 0.588. The standard InChI is InChI=1S/C17H28O2Si/c1-5-7-11-16(14-17(18)19-6-2)20(3,4)15-12-9-8-10-13-15/h8-10,12-13,16H,5-7,11,14H2,1-4H3/t16-/m1/s1. The van der Waals surface area contributed by atoms with E-state index in [1.807, 2.05) is 6.92 Å². The summed E-state index contributed by atoms with van der Waals surface area (Å²) >= 11 is 0. The molecule has 112 valence electrons. The van der Waals surface area contributed by atoms with Gasteiger partial charge in [0.05, 0.1) is 14.7 Å². The van der Waals surface area contributed by atoms with E-state index in [1.54, 1.807) is 0 Å². The quantitative estimate of drug-likeness (QED) is 0.532. The molecule has 0 saturated heterocycles. The van der Waals surface area contributed by atoms with Crippen LogP contribution in [0.5, 0.6) is 0 Å². The highest BCUT2D eigenvalue weighted by Crippen LogP contribution is 2.31. The molecule has 0 bridgehead atoms. The fourth-order valence-corrected chi connectivity index (χ4v) is 5.82. The second kappa shape index (κ2) is 8.25. The van der Waals surface area contributed by atoms with Crippen LogP contribution >= 0.6 is 0 Å². The molecule has 3 heteroatoms. The van der Waals surface area contributed by atoms with Gasteiger partial charge >= 0.3 is 5.97 Å². The molecule has 2 nitrogen and oxygen atoms in total. The maximum atomic E-state index is 11.9. The van der Waals surface area contributed by atoms with Gasteiger partial charge in [0.2, 0.25) is 0 Å². The predicted octanol–water partition coefficient (Wildman–Crippen LogP) is 4.12. The van der Waals surface area contributed by atoms with Gasteiger partial charge in [-0.1, -0.05) is 74.8 Å². The molecule has 0 N–H and O–H groups in total. The molecule has 1 rings (SSSR count).